The summed E-state index contributed by atoms with van der Waals surface area (Å²) >= 11 is 1.66. The zero-order valence-corrected chi connectivity index (χ0v) is 18.0. The summed E-state index contributed by atoms with van der Waals surface area (Å²) in [6.07, 6.45) is 0.776. The molecule has 0 radical (unpaired) electrons. The first kappa shape index (κ1) is 20.4. The van der Waals surface area contributed by atoms with Gasteiger partial charge in [-0.3, -0.25) is 4.99 Å². The molecule has 0 bridgehead atoms. The number of nitrogens with zero attached hydrogens (tertiary/aromatic N) is 2. The fourth-order valence-electron chi connectivity index (χ4n) is 2.43. The number of guanidine groups is 1. The van der Waals surface area contributed by atoms with E-state index in [1.54, 1.807) is 11.3 Å². The standard InChI is InChI=1S/C20H22N4S.HI/c1-14-8-9-17(12-15(14)2)24-20(21)22-11-10-18-13-25-19(23-18)16-6-4-3-5-7-16;/h3-9,12-13H,10-11H2,1-2H3,(H3,21,22,24);1H. The lowest BCUT2D eigenvalue weighted by molar-refractivity contribution is 0.934. The predicted molar refractivity (Wildman–Crippen MR) is 123 cm³/mol. The normalized spacial score (nSPS) is 11.1. The van der Waals surface area contributed by atoms with Gasteiger partial charge in [-0.25, -0.2) is 4.98 Å². The number of hydrogen-bond acceptors (Lipinski definition) is 3. The van der Waals surface area contributed by atoms with Gasteiger partial charge in [0.2, 0.25) is 0 Å². The minimum absolute atomic E-state index is 0. The van der Waals surface area contributed by atoms with Gasteiger partial charge in [0.25, 0.3) is 0 Å². The number of aliphatic imine (C=N–C) groups is 1. The van der Waals surface area contributed by atoms with Gasteiger partial charge in [0.1, 0.15) is 5.01 Å². The summed E-state index contributed by atoms with van der Waals surface area (Å²) in [6.45, 7) is 4.79. The maximum Gasteiger partial charge on any atom is 0.193 e. The third kappa shape index (κ3) is 5.54. The van der Waals surface area contributed by atoms with E-state index >= 15 is 0 Å². The number of benzene rings is 2. The number of hydrogen-bond donors (Lipinski definition) is 2. The van der Waals surface area contributed by atoms with Crippen LogP contribution in [0, 0.1) is 13.8 Å². The van der Waals surface area contributed by atoms with Gasteiger partial charge >= 0.3 is 0 Å². The molecule has 3 rings (SSSR count). The zero-order valence-electron chi connectivity index (χ0n) is 14.9. The molecule has 0 spiro atoms. The van der Waals surface area contributed by atoms with Crippen LogP contribution in [0.5, 0.6) is 0 Å². The number of nitrogens with one attached hydrogen (secondary N) is 1. The molecule has 0 amide bonds. The number of nitrogens with two attached hydrogens (primary N) is 1. The second-order valence-corrected chi connectivity index (χ2v) is 6.81. The van der Waals surface area contributed by atoms with Gasteiger partial charge in [-0.15, -0.1) is 35.3 Å². The highest BCUT2D eigenvalue weighted by atomic mass is 127. The molecule has 0 fully saturated rings. The van der Waals surface area contributed by atoms with Crippen molar-refractivity contribution in [2.45, 2.75) is 20.3 Å². The molecule has 26 heavy (non-hydrogen) atoms. The van der Waals surface area contributed by atoms with Crippen molar-refractivity contribution in [3.8, 4) is 10.6 Å². The van der Waals surface area contributed by atoms with Gasteiger partial charge in [-0.05, 0) is 37.1 Å². The number of aryl methyl sites for hydroxylation is 2. The number of rotatable bonds is 5. The van der Waals surface area contributed by atoms with Crippen molar-refractivity contribution in [3.63, 3.8) is 0 Å². The average Bonchev–Trinajstić information content (AvgIpc) is 3.08. The van der Waals surface area contributed by atoms with Crippen LogP contribution in [0.4, 0.5) is 5.69 Å². The minimum Gasteiger partial charge on any atom is -0.370 e. The Morgan fingerprint density at radius 3 is 2.62 bits per heavy atom. The summed E-state index contributed by atoms with van der Waals surface area (Å²) in [5.74, 6) is 0.432. The summed E-state index contributed by atoms with van der Waals surface area (Å²) in [6, 6.07) is 16.4. The van der Waals surface area contributed by atoms with Crippen LogP contribution in [0.15, 0.2) is 58.9 Å². The molecule has 4 nitrogen and oxygen atoms in total. The summed E-state index contributed by atoms with van der Waals surface area (Å²) in [4.78, 5) is 9.07. The van der Waals surface area contributed by atoms with E-state index in [4.69, 9.17) is 5.73 Å². The van der Waals surface area contributed by atoms with Crippen LogP contribution in [0.2, 0.25) is 0 Å². The highest BCUT2D eigenvalue weighted by Gasteiger charge is 2.04. The van der Waals surface area contributed by atoms with E-state index < -0.39 is 0 Å². The quantitative estimate of drug-likeness (QED) is 0.308. The van der Waals surface area contributed by atoms with Crippen molar-refractivity contribution >= 4 is 47.0 Å². The molecule has 0 aliphatic carbocycles. The van der Waals surface area contributed by atoms with Crippen molar-refractivity contribution in [1.29, 1.82) is 0 Å². The van der Waals surface area contributed by atoms with E-state index in [-0.39, 0.29) is 24.0 Å². The van der Waals surface area contributed by atoms with E-state index in [1.165, 1.54) is 11.1 Å². The molecule has 0 unspecified atom stereocenters. The first-order valence-electron chi connectivity index (χ1n) is 8.26. The fraction of sp³-hybridized carbons (Fsp3) is 0.200. The Morgan fingerprint density at radius 1 is 1.12 bits per heavy atom. The number of halogens is 1. The summed E-state index contributed by atoms with van der Waals surface area (Å²) in [7, 11) is 0. The summed E-state index contributed by atoms with van der Waals surface area (Å²) in [5.41, 5.74) is 11.6. The van der Waals surface area contributed by atoms with Gasteiger partial charge in [0.05, 0.1) is 5.69 Å². The Morgan fingerprint density at radius 2 is 1.88 bits per heavy atom. The van der Waals surface area contributed by atoms with Gasteiger partial charge < -0.3 is 11.1 Å². The van der Waals surface area contributed by atoms with E-state index in [2.05, 4.69) is 58.8 Å². The molecule has 3 aromatic rings. The molecular formula is C20H23IN4S. The molecule has 2 aromatic carbocycles. The Bertz CT molecular complexity index is 875. The minimum atomic E-state index is 0. The summed E-state index contributed by atoms with van der Waals surface area (Å²) < 4.78 is 0. The first-order valence-corrected chi connectivity index (χ1v) is 9.14. The van der Waals surface area contributed by atoms with Crippen LogP contribution >= 0.6 is 35.3 Å². The highest BCUT2D eigenvalue weighted by molar-refractivity contribution is 14.0. The molecule has 136 valence electrons. The van der Waals surface area contributed by atoms with Gasteiger partial charge in [-0.2, -0.15) is 0 Å². The lowest BCUT2D eigenvalue weighted by atomic mass is 10.1. The van der Waals surface area contributed by atoms with Crippen LogP contribution in [0.3, 0.4) is 0 Å². The number of aromatic nitrogens is 1. The molecule has 0 atom stereocenters. The Balaban J connectivity index is 0.00000243. The smallest absolute Gasteiger partial charge is 0.193 e. The van der Waals surface area contributed by atoms with Crippen LogP contribution in [-0.2, 0) is 6.42 Å². The van der Waals surface area contributed by atoms with Gasteiger partial charge in [0, 0.05) is 29.6 Å². The number of anilines is 1. The molecule has 0 saturated heterocycles. The SMILES string of the molecule is Cc1ccc(NC(N)=NCCc2csc(-c3ccccc3)n2)cc1C.I. The summed E-state index contributed by atoms with van der Waals surface area (Å²) in [5, 5.41) is 6.27. The highest BCUT2D eigenvalue weighted by Crippen LogP contribution is 2.23. The Kier molecular flexibility index (Phi) is 7.59. The van der Waals surface area contributed by atoms with Gasteiger partial charge in [0.15, 0.2) is 5.96 Å². The Labute approximate surface area is 175 Å². The fourth-order valence-corrected chi connectivity index (χ4v) is 3.29. The molecule has 0 aliphatic rings. The predicted octanol–water partition coefficient (Wildman–Crippen LogP) is 5.01. The lowest BCUT2D eigenvalue weighted by Gasteiger charge is -2.07. The van der Waals surface area contributed by atoms with Crippen LogP contribution in [0.1, 0.15) is 16.8 Å². The Hall–Kier alpha value is -1.93. The maximum atomic E-state index is 5.98. The van der Waals surface area contributed by atoms with Crippen molar-refractivity contribution in [1.82, 2.24) is 4.98 Å². The van der Waals surface area contributed by atoms with Gasteiger partial charge in [-0.1, -0.05) is 36.4 Å². The van der Waals surface area contributed by atoms with Crippen molar-refractivity contribution in [2.75, 3.05) is 11.9 Å². The van der Waals surface area contributed by atoms with E-state index in [0.717, 1.165) is 28.4 Å². The first-order chi connectivity index (χ1) is 12.1. The zero-order chi connectivity index (χ0) is 17.6. The van der Waals surface area contributed by atoms with Crippen LogP contribution < -0.4 is 11.1 Å². The topological polar surface area (TPSA) is 63.3 Å². The lowest BCUT2D eigenvalue weighted by Crippen LogP contribution is -2.23. The third-order valence-corrected chi connectivity index (χ3v) is 4.94. The van der Waals surface area contributed by atoms with Crippen LogP contribution in [-0.4, -0.2) is 17.5 Å². The second-order valence-electron chi connectivity index (χ2n) is 5.95. The largest absolute Gasteiger partial charge is 0.370 e. The molecule has 0 aliphatic heterocycles. The molecule has 3 N–H and O–H groups in total. The second kappa shape index (κ2) is 9.68. The monoisotopic (exact) mass is 478 g/mol. The van der Waals surface area contributed by atoms with Crippen molar-refractivity contribution in [2.24, 2.45) is 10.7 Å². The average molecular weight is 478 g/mol. The molecule has 6 heteroatoms. The molecule has 1 aromatic heterocycles. The molecule has 1 heterocycles. The number of thiazole rings is 1. The van der Waals surface area contributed by atoms with E-state index in [9.17, 15) is 0 Å². The maximum absolute atomic E-state index is 5.98. The molecule has 0 saturated carbocycles. The van der Waals surface area contributed by atoms with Crippen molar-refractivity contribution in [3.05, 3.63) is 70.7 Å². The van der Waals surface area contributed by atoms with E-state index in [1.807, 2.05) is 24.3 Å². The third-order valence-electron chi connectivity index (χ3n) is 4.00. The molecular weight excluding hydrogens is 455 g/mol. The van der Waals surface area contributed by atoms with E-state index in [0.29, 0.717) is 12.5 Å². The van der Waals surface area contributed by atoms with Crippen LogP contribution in [0.25, 0.3) is 10.6 Å². The van der Waals surface area contributed by atoms with Crippen molar-refractivity contribution < 1.29 is 0 Å².